The molecule has 0 saturated heterocycles. The van der Waals surface area contributed by atoms with Crippen LogP contribution in [0.3, 0.4) is 0 Å². The highest BCUT2D eigenvalue weighted by Gasteiger charge is 2.16. The van der Waals surface area contributed by atoms with Gasteiger partial charge in [-0.25, -0.2) is 9.78 Å². The lowest BCUT2D eigenvalue weighted by Crippen LogP contribution is -2.29. The molecule has 0 fully saturated rings. The van der Waals surface area contributed by atoms with Crippen LogP contribution >= 0.6 is 0 Å². The van der Waals surface area contributed by atoms with Crippen molar-refractivity contribution in [2.75, 3.05) is 0 Å². The standard InChI is InChI=1S/C9H13N5O2/c1-4(10)6-11-7-5(13(6)2)8(15)12-9(16)14(7)3/h4H,10H2,1-3H3,(H,12,15,16). The average Bonchev–Trinajstić information content (AvgIpc) is 2.53. The van der Waals surface area contributed by atoms with Crippen molar-refractivity contribution in [1.29, 1.82) is 0 Å². The van der Waals surface area contributed by atoms with Gasteiger partial charge in [0.05, 0.1) is 6.04 Å². The summed E-state index contributed by atoms with van der Waals surface area (Å²) in [5.41, 5.74) is 5.52. The molecule has 1 atom stereocenters. The highest BCUT2D eigenvalue weighted by atomic mass is 16.2. The normalized spacial score (nSPS) is 13.2. The van der Waals surface area contributed by atoms with Crippen molar-refractivity contribution in [1.82, 2.24) is 19.1 Å². The quantitative estimate of drug-likeness (QED) is 0.646. The van der Waals surface area contributed by atoms with Gasteiger partial charge in [-0.2, -0.15) is 0 Å². The molecule has 0 spiro atoms. The van der Waals surface area contributed by atoms with Crippen LogP contribution in [0.25, 0.3) is 11.2 Å². The molecule has 2 aromatic heterocycles. The zero-order chi connectivity index (χ0) is 12.0. The maximum atomic E-state index is 11.6. The van der Waals surface area contributed by atoms with E-state index in [2.05, 4.69) is 9.97 Å². The summed E-state index contributed by atoms with van der Waals surface area (Å²) in [5, 5.41) is 0. The molecule has 0 aliphatic carbocycles. The molecule has 0 saturated carbocycles. The summed E-state index contributed by atoms with van der Waals surface area (Å²) in [5.74, 6) is 0.571. The molecule has 1 unspecified atom stereocenters. The van der Waals surface area contributed by atoms with E-state index in [1.807, 2.05) is 0 Å². The van der Waals surface area contributed by atoms with E-state index < -0.39 is 11.2 Å². The van der Waals surface area contributed by atoms with Crippen LogP contribution in [-0.4, -0.2) is 19.1 Å². The number of aromatic nitrogens is 4. The van der Waals surface area contributed by atoms with Gasteiger partial charge in [-0.05, 0) is 6.92 Å². The van der Waals surface area contributed by atoms with Gasteiger partial charge in [0.2, 0.25) is 0 Å². The maximum Gasteiger partial charge on any atom is 0.329 e. The molecule has 0 bridgehead atoms. The van der Waals surface area contributed by atoms with E-state index in [1.54, 1.807) is 25.6 Å². The SMILES string of the molecule is CC(N)c1nc2c(c(=O)[nH]c(=O)n2C)n1C. The lowest BCUT2D eigenvalue weighted by atomic mass is 10.3. The molecular formula is C9H13N5O2. The Morgan fingerprint density at radius 3 is 2.50 bits per heavy atom. The first-order valence-electron chi connectivity index (χ1n) is 4.84. The minimum Gasteiger partial charge on any atom is -0.324 e. The molecule has 0 aromatic carbocycles. The second-order valence-corrected chi connectivity index (χ2v) is 3.81. The summed E-state index contributed by atoms with van der Waals surface area (Å²) < 4.78 is 2.90. The first-order chi connectivity index (χ1) is 7.43. The summed E-state index contributed by atoms with van der Waals surface area (Å²) >= 11 is 0. The Balaban J connectivity index is 3.02. The zero-order valence-electron chi connectivity index (χ0n) is 9.31. The van der Waals surface area contributed by atoms with Crippen LogP contribution in [0.4, 0.5) is 0 Å². The van der Waals surface area contributed by atoms with Crippen molar-refractivity contribution in [3.05, 3.63) is 26.7 Å². The molecule has 0 radical (unpaired) electrons. The van der Waals surface area contributed by atoms with Gasteiger partial charge in [0, 0.05) is 14.1 Å². The minimum absolute atomic E-state index is 0.299. The lowest BCUT2D eigenvalue weighted by Gasteiger charge is -2.03. The summed E-state index contributed by atoms with van der Waals surface area (Å²) in [4.78, 5) is 29.4. The van der Waals surface area contributed by atoms with Crippen LogP contribution in [0, 0.1) is 0 Å². The largest absolute Gasteiger partial charge is 0.329 e. The number of aromatic amines is 1. The van der Waals surface area contributed by atoms with E-state index in [9.17, 15) is 9.59 Å². The number of imidazole rings is 1. The van der Waals surface area contributed by atoms with Crippen molar-refractivity contribution in [2.45, 2.75) is 13.0 Å². The van der Waals surface area contributed by atoms with Crippen LogP contribution in [0.2, 0.25) is 0 Å². The molecule has 2 aromatic rings. The first-order valence-corrected chi connectivity index (χ1v) is 4.84. The predicted octanol–water partition coefficient (Wildman–Crippen LogP) is -1.02. The zero-order valence-corrected chi connectivity index (χ0v) is 9.31. The highest BCUT2D eigenvalue weighted by Crippen LogP contribution is 2.13. The average molecular weight is 223 g/mol. The number of nitrogens with two attached hydrogens (primary N) is 1. The predicted molar refractivity (Wildman–Crippen MR) is 59.2 cm³/mol. The fourth-order valence-corrected chi connectivity index (χ4v) is 1.73. The number of aryl methyl sites for hydroxylation is 2. The van der Waals surface area contributed by atoms with E-state index in [4.69, 9.17) is 5.73 Å². The monoisotopic (exact) mass is 223 g/mol. The van der Waals surface area contributed by atoms with Crippen molar-refractivity contribution in [2.24, 2.45) is 19.8 Å². The third kappa shape index (κ3) is 1.28. The molecule has 0 aliphatic heterocycles. The van der Waals surface area contributed by atoms with Crippen molar-refractivity contribution >= 4 is 11.2 Å². The van der Waals surface area contributed by atoms with Crippen molar-refractivity contribution in [3.8, 4) is 0 Å². The van der Waals surface area contributed by atoms with Gasteiger partial charge in [-0.15, -0.1) is 0 Å². The lowest BCUT2D eigenvalue weighted by molar-refractivity contribution is 0.694. The van der Waals surface area contributed by atoms with E-state index in [0.29, 0.717) is 17.0 Å². The van der Waals surface area contributed by atoms with Crippen LogP contribution in [0.15, 0.2) is 9.59 Å². The van der Waals surface area contributed by atoms with Gasteiger partial charge in [-0.1, -0.05) is 0 Å². The van der Waals surface area contributed by atoms with Crippen LogP contribution in [-0.2, 0) is 14.1 Å². The number of nitrogens with zero attached hydrogens (tertiary/aromatic N) is 3. The second-order valence-electron chi connectivity index (χ2n) is 3.81. The minimum atomic E-state index is -0.480. The van der Waals surface area contributed by atoms with Crippen molar-refractivity contribution < 1.29 is 0 Å². The maximum absolute atomic E-state index is 11.6. The van der Waals surface area contributed by atoms with Gasteiger partial charge in [0.1, 0.15) is 5.82 Å². The highest BCUT2D eigenvalue weighted by molar-refractivity contribution is 5.70. The van der Waals surface area contributed by atoms with Gasteiger partial charge in [0.25, 0.3) is 5.56 Å². The van der Waals surface area contributed by atoms with Crippen LogP contribution in [0.5, 0.6) is 0 Å². The Bertz CT molecular complexity index is 661. The summed E-state index contributed by atoms with van der Waals surface area (Å²) in [6, 6.07) is -0.299. The third-order valence-electron chi connectivity index (χ3n) is 2.58. The summed E-state index contributed by atoms with van der Waals surface area (Å²) in [6.45, 7) is 1.77. The molecule has 7 heteroatoms. The molecule has 0 aliphatic rings. The third-order valence-corrected chi connectivity index (χ3v) is 2.58. The van der Waals surface area contributed by atoms with Gasteiger partial charge < -0.3 is 10.3 Å². The number of nitrogens with one attached hydrogen (secondary N) is 1. The molecule has 0 amide bonds. The van der Waals surface area contributed by atoms with E-state index in [1.165, 1.54) is 4.57 Å². The molecule has 86 valence electrons. The number of fused-ring (bicyclic) bond motifs is 1. The number of hydrogen-bond acceptors (Lipinski definition) is 4. The summed E-state index contributed by atoms with van der Waals surface area (Å²) in [6.07, 6.45) is 0. The topological polar surface area (TPSA) is 98.7 Å². The van der Waals surface area contributed by atoms with E-state index in [0.717, 1.165) is 0 Å². The Labute approximate surface area is 90.5 Å². The molecular weight excluding hydrogens is 210 g/mol. The van der Waals surface area contributed by atoms with Gasteiger partial charge >= 0.3 is 5.69 Å². The number of H-pyrrole nitrogens is 1. The molecule has 3 N–H and O–H groups in total. The van der Waals surface area contributed by atoms with E-state index >= 15 is 0 Å². The smallest absolute Gasteiger partial charge is 0.324 e. The summed E-state index contributed by atoms with van der Waals surface area (Å²) in [7, 11) is 3.26. The van der Waals surface area contributed by atoms with E-state index in [-0.39, 0.29) is 6.04 Å². The fourth-order valence-electron chi connectivity index (χ4n) is 1.73. The second kappa shape index (κ2) is 3.31. The fraction of sp³-hybridized carbons (Fsp3) is 0.444. The first kappa shape index (κ1) is 10.6. The Kier molecular flexibility index (Phi) is 2.20. The number of rotatable bonds is 1. The Hall–Kier alpha value is -1.89. The Morgan fingerprint density at radius 1 is 1.31 bits per heavy atom. The van der Waals surface area contributed by atoms with Crippen molar-refractivity contribution in [3.63, 3.8) is 0 Å². The molecule has 2 heterocycles. The van der Waals surface area contributed by atoms with Crippen LogP contribution < -0.4 is 17.0 Å². The molecule has 16 heavy (non-hydrogen) atoms. The Morgan fingerprint density at radius 2 is 1.94 bits per heavy atom. The van der Waals surface area contributed by atoms with Gasteiger partial charge in [0.15, 0.2) is 11.2 Å². The molecule has 7 nitrogen and oxygen atoms in total. The van der Waals surface area contributed by atoms with Crippen LogP contribution in [0.1, 0.15) is 18.8 Å². The number of hydrogen-bond donors (Lipinski definition) is 2. The molecule has 2 rings (SSSR count). The van der Waals surface area contributed by atoms with Gasteiger partial charge in [-0.3, -0.25) is 14.3 Å².